The topological polar surface area (TPSA) is 34.0 Å². The summed E-state index contributed by atoms with van der Waals surface area (Å²) in [6, 6.07) is 3.86. The van der Waals surface area contributed by atoms with E-state index < -0.39 is 0 Å². The average Bonchev–Trinajstić information content (AvgIpc) is 3.18. The monoisotopic (exact) mass is 276 g/mol. The van der Waals surface area contributed by atoms with E-state index in [9.17, 15) is 0 Å². The second-order valence-electron chi connectivity index (χ2n) is 4.94. The molecule has 1 saturated carbocycles. The van der Waals surface area contributed by atoms with Crippen LogP contribution in [-0.4, -0.2) is 27.9 Å². The highest BCUT2D eigenvalue weighted by molar-refractivity contribution is 6.32. The Balaban J connectivity index is 1.87. The van der Waals surface area contributed by atoms with Crippen LogP contribution in [0.1, 0.15) is 19.8 Å². The minimum atomic E-state index is 0.561. The summed E-state index contributed by atoms with van der Waals surface area (Å²) in [6.45, 7) is 4.18. The van der Waals surface area contributed by atoms with Gasteiger partial charge in [0.05, 0.1) is 23.8 Å². The molecule has 0 bridgehead atoms. The predicted octanol–water partition coefficient (Wildman–Crippen LogP) is 3.16. The maximum atomic E-state index is 6.28. The molecule has 0 aliphatic heterocycles. The molecule has 0 atom stereocenters. The van der Waals surface area contributed by atoms with Gasteiger partial charge in [-0.05, 0) is 37.8 Å². The highest BCUT2D eigenvalue weighted by atomic mass is 35.5. The first-order valence-corrected chi connectivity index (χ1v) is 7.06. The molecule has 0 unspecified atom stereocenters. The van der Waals surface area contributed by atoms with Crippen molar-refractivity contribution in [2.45, 2.75) is 19.8 Å². The van der Waals surface area contributed by atoms with Crippen molar-refractivity contribution in [3.05, 3.63) is 35.9 Å². The molecule has 0 aromatic carbocycles. The lowest BCUT2D eigenvalue weighted by atomic mass is 10.3. The van der Waals surface area contributed by atoms with E-state index in [1.54, 1.807) is 17.1 Å². The van der Waals surface area contributed by atoms with E-state index in [1.165, 1.54) is 12.8 Å². The van der Waals surface area contributed by atoms with E-state index in [2.05, 4.69) is 21.9 Å². The maximum Gasteiger partial charge on any atom is 0.174 e. The fourth-order valence-electron chi connectivity index (χ4n) is 2.19. The largest absolute Gasteiger partial charge is 0.368 e. The van der Waals surface area contributed by atoms with Crippen molar-refractivity contribution in [3.8, 4) is 5.69 Å². The molecule has 4 nitrogen and oxygen atoms in total. The molecular formula is C14H17ClN4. The summed E-state index contributed by atoms with van der Waals surface area (Å²) in [4.78, 5) is 6.41. The Morgan fingerprint density at radius 3 is 2.95 bits per heavy atom. The molecule has 1 aliphatic rings. The smallest absolute Gasteiger partial charge is 0.174 e. The number of anilines is 1. The molecule has 0 amide bonds. The summed E-state index contributed by atoms with van der Waals surface area (Å²) in [6.07, 6.45) is 8.20. The van der Waals surface area contributed by atoms with Gasteiger partial charge in [-0.1, -0.05) is 11.6 Å². The number of nitrogens with zero attached hydrogens (tertiary/aromatic N) is 4. The van der Waals surface area contributed by atoms with Crippen LogP contribution in [0.3, 0.4) is 0 Å². The van der Waals surface area contributed by atoms with Gasteiger partial charge in [-0.2, -0.15) is 5.10 Å². The first-order chi connectivity index (χ1) is 9.28. The number of hydrogen-bond donors (Lipinski definition) is 0. The summed E-state index contributed by atoms with van der Waals surface area (Å²) in [5.74, 6) is 0.831. The SMILES string of the molecule is CCN(CC1CC1)c1cn(-c2cccnc2)nc1Cl. The summed E-state index contributed by atoms with van der Waals surface area (Å²) in [5, 5.41) is 4.94. The summed E-state index contributed by atoms with van der Waals surface area (Å²) < 4.78 is 1.79. The van der Waals surface area contributed by atoms with Crippen LogP contribution in [0.15, 0.2) is 30.7 Å². The van der Waals surface area contributed by atoms with Crippen LogP contribution in [0.2, 0.25) is 5.15 Å². The normalized spacial score (nSPS) is 14.6. The molecule has 0 radical (unpaired) electrons. The zero-order valence-corrected chi connectivity index (χ0v) is 11.7. The van der Waals surface area contributed by atoms with Crippen molar-refractivity contribution >= 4 is 17.3 Å². The van der Waals surface area contributed by atoms with Crippen molar-refractivity contribution in [3.63, 3.8) is 0 Å². The molecule has 2 heterocycles. The van der Waals surface area contributed by atoms with Gasteiger partial charge >= 0.3 is 0 Å². The number of hydrogen-bond acceptors (Lipinski definition) is 3. The quantitative estimate of drug-likeness (QED) is 0.841. The van der Waals surface area contributed by atoms with E-state index in [-0.39, 0.29) is 0 Å². The number of halogens is 1. The summed E-state index contributed by atoms with van der Waals surface area (Å²) >= 11 is 6.28. The third-order valence-corrected chi connectivity index (χ3v) is 3.73. The van der Waals surface area contributed by atoms with Crippen LogP contribution in [-0.2, 0) is 0 Å². The number of aromatic nitrogens is 3. The van der Waals surface area contributed by atoms with E-state index >= 15 is 0 Å². The van der Waals surface area contributed by atoms with Crippen LogP contribution in [0.5, 0.6) is 0 Å². The molecule has 0 saturated heterocycles. The lowest BCUT2D eigenvalue weighted by Gasteiger charge is -2.21. The Bertz CT molecular complexity index is 548. The van der Waals surface area contributed by atoms with Gasteiger partial charge in [0.2, 0.25) is 0 Å². The van der Waals surface area contributed by atoms with Gasteiger partial charge in [0.25, 0.3) is 0 Å². The van der Waals surface area contributed by atoms with Gasteiger partial charge in [0.1, 0.15) is 0 Å². The predicted molar refractivity (Wildman–Crippen MR) is 77.0 cm³/mol. The molecule has 1 fully saturated rings. The third-order valence-electron chi connectivity index (χ3n) is 3.46. The summed E-state index contributed by atoms with van der Waals surface area (Å²) in [5.41, 5.74) is 1.94. The molecule has 1 aliphatic carbocycles. The van der Waals surface area contributed by atoms with Gasteiger partial charge in [-0.3, -0.25) is 4.98 Å². The first-order valence-electron chi connectivity index (χ1n) is 6.68. The highest BCUT2D eigenvalue weighted by Crippen LogP contribution is 2.33. The zero-order chi connectivity index (χ0) is 13.2. The van der Waals surface area contributed by atoms with Crippen LogP contribution in [0.25, 0.3) is 5.69 Å². The minimum absolute atomic E-state index is 0.561. The van der Waals surface area contributed by atoms with Crippen LogP contribution < -0.4 is 4.90 Å². The van der Waals surface area contributed by atoms with Crippen LogP contribution in [0.4, 0.5) is 5.69 Å². The Labute approximate surface area is 118 Å². The Morgan fingerprint density at radius 1 is 1.47 bits per heavy atom. The van der Waals surface area contributed by atoms with Gasteiger partial charge in [0.15, 0.2) is 5.15 Å². The maximum absolute atomic E-state index is 6.28. The number of pyridine rings is 1. The first kappa shape index (κ1) is 12.5. The van der Waals surface area contributed by atoms with Crippen LogP contribution >= 0.6 is 11.6 Å². The molecular weight excluding hydrogens is 260 g/mol. The third kappa shape index (κ3) is 2.73. The molecule has 5 heteroatoms. The summed E-state index contributed by atoms with van der Waals surface area (Å²) in [7, 11) is 0. The second-order valence-corrected chi connectivity index (χ2v) is 5.30. The van der Waals surface area contributed by atoms with Crippen molar-refractivity contribution in [2.24, 2.45) is 5.92 Å². The van der Waals surface area contributed by atoms with Gasteiger partial charge in [-0.15, -0.1) is 0 Å². The van der Waals surface area contributed by atoms with E-state index in [0.29, 0.717) is 5.15 Å². The standard InChI is InChI=1S/C14H17ClN4/c1-2-18(9-11-5-6-11)13-10-19(17-14(13)15)12-4-3-7-16-8-12/h3-4,7-8,10-11H,2,5-6,9H2,1H3. The van der Waals surface area contributed by atoms with Gasteiger partial charge < -0.3 is 4.90 Å². The fraction of sp³-hybridized carbons (Fsp3) is 0.429. The number of rotatable bonds is 5. The molecule has 19 heavy (non-hydrogen) atoms. The molecule has 2 aromatic rings. The molecule has 3 rings (SSSR count). The Morgan fingerprint density at radius 2 is 2.32 bits per heavy atom. The highest BCUT2D eigenvalue weighted by Gasteiger charge is 2.25. The van der Waals surface area contributed by atoms with E-state index in [0.717, 1.165) is 30.4 Å². The van der Waals surface area contributed by atoms with Gasteiger partial charge in [0, 0.05) is 19.3 Å². The second kappa shape index (κ2) is 5.21. The molecule has 0 spiro atoms. The average molecular weight is 277 g/mol. The molecule has 2 aromatic heterocycles. The Hall–Kier alpha value is -1.55. The lowest BCUT2D eigenvalue weighted by Crippen LogP contribution is -2.25. The molecule has 0 N–H and O–H groups in total. The minimum Gasteiger partial charge on any atom is -0.368 e. The molecule has 100 valence electrons. The Kier molecular flexibility index (Phi) is 3.42. The van der Waals surface area contributed by atoms with E-state index in [1.807, 2.05) is 18.3 Å². The van der Waals surface area contributed by atoms with Crippen molar-refractivity contribution < 1.29 is 0 Å². The van der Waals surface area contributed by atoms with E-state index in [4.69, 9.17) is 11.6 Å². The van der Waals surface area contributed by atoms with Crippen molar-refractivity contribution in [2.75, 3.05) is 18.0 Å². The van der Waals surface area contributed by atoms with Crippen LogP contribution in [0, 0.1) is 5.92 Å². The zero-order valence-electron chi connectivity index (χ0n) is 11.0. The fourth-order valence-corrected chi connectivity index (χ4v) is 2.44. The van der Waals surface area contributed by atoms with Gasteiger partial charge in [-0.25, -0.2) is 4.68 Å². The van der Waals surface area contributed by atoms with Crippen molar-refractivity contribution in [1.82, 2.24) is 14.8 Å². The van der Waals surface area contributed by atoms with Crippen molar-refractivity contribution in [1.29, 1.82) is 0 Å². The lowest BCUT2D eigenvalue weighted by molar-refractivity contribution is 0.742.